The fourth-order valence-corrected chi connectivity index (χ4v) is 1.48. The van der Waals surface area contributed by atoms with Gasteiger partial charge < -0.3 is 5.73 Å². The van der Waals surface area contributed by atoms with E-state index in [2.05, 4.69) is 27.5 Å². The number of nitrogens with two attached hydrogens (primary N) is 1. The Morgan fingerprint density at radius 2 is 2.29 bits per heavy atom. The molecule has 1 atom stereocenters. The molecular weight excluding hydrogens is 263 g/mol. The molecule has 2 nitrogen and oxygen atoms in total. The highest BCUT2D eigenvalue weighted by Crippen LogP contribution is 2.18. The van der Waals surface area contributed by atoms with Crippen LogP contribution in [-0.2, 0) is 0 Å². The van der Waals surface area contributed by atoms with Gasteiger partial charge in [0.15, 0.2) is 0 Å². The highest BCUT2D eigenvalue weighted by Gasteiger charge is 2.04. The van der Waals surface area contributed by atoms with E-state index in [1.165, 1.54) is 0 Å². The standard InChI is InChI=1S/C10H13BrN2.ClH/c1-2-3-4-10(12)8-5-9(11)7-13-6-8;/h2,5-7,10H,1,3-4,12H2;1H/t10-;/m0./s1. The van der Waals surface area contributed by atoms with Crippen molar-refractivity contribution in [3.63, 3.8) is 0 Å². The van der Waals surface area contributed by atoms with E-state index in [1.54, 1.807) is 12.4 Å². The van der Waals surface area contributed by atoms with Crippen LogP contribution in [0.25, 0.3) is 0 Å². The molecule has 0 unspecified atom stereocenters. The van der Waals surface area contributed by atoms with Crippen LogP contribution in [0, 0.1) is 0 Å². The van der Waals surface area contributed by atoms with Crippen molar-refractivity contribution in [2.75, 3.05) is 0 Å². The Bertz CT molecular complexity index is 291. The van der Waals surface area contributed by atoms with Crippen molar-refractivity contribution in [2.45, 2.75) is 18.9 Å². The summed E-state index contributed by atoms with van der Waals surface area (Å²) in [5.41, 5.74) is 7.01. The molecule has 14 heavy (non-hydrogen) atoms. The van der Waals surface area contributed by atoms with Crippen molar-refractivity contribution in [3.05, 3.63) is 41.2 Å². The van der Waals surface area contributed by atoms with E-state index in [1.807, 2.05) is 12.1 Å². The van der Waals surface area contributed by atoms with Crippen LogP contribution >= 0.6 is 28.3 Å². The van der Waals surface area contributed by atoms with Gasteiger partial charge in [-0.3, -0.25) is 4.98 Å². The van der Waals surface area contributed by atoms with E-state index in [0.717, 1.165) is 22.9 Å². The van der Waals surface area contributed by atoms with Crippen molar-refractivity contribution in [2.24, 2.45) is 5.73 Å². The Morgan fingerprint density at radius 3 is 2.86 bits per heavy atom. The number of pyridine rings is 1. The number of hydrogen-bond acceptors (Lipinski definition) is 2. The lowest BCUT2D eigenvalue weighted by atomic mass is 10.1. The van der Waals surface area contributed by atoms with E-state index in [0.29, 0.717) is 0 Å². The van der Waals surface area contributed by atoms with Gasteiger partial charge in [-0.05, 0) is 40.4 Å². The second-order valence-corrected chi connectivity index (χ2v) is 3.82. The molecule has 1 heterocycles. The summed E-state index contributed by atoms with van der Waals surface area (Å²) in [4.78, 5) is 4.06. The average Bonchev–Trinajstić information content (AvgIpc) is 2.14. The molecule has 1 aromatic heterocycles. The maximum atomic E-state index is 5.94. The topological polar surface area (TPSA) is 38.9 Å². The van der Waals surface area contributed by atoms with E-state index >= 15 is 0 Å². The maximum absolute atomic E-state index is 5.94. The third kappa shape index (κ3) is 4.22. The smallest absolute Gasteiger partial charge is 0.0410 e. The lowest BCUT2D eigenvalue weighted by Gasteiger charge is -2.09. The summed E-state index contributed by atoms with van der Waals surface area (Å²) in [5.74, 6) is 0. The van der Waals surface area contributed by atoms with Gasteiger partial charge in [-0.15, -0.1) is 19.0 Å². The molecule has 0 saturated heterocycles. The highest BCUT2D eigenvalue weighted by atomic mass is 79.9. The molecule has 78 valence electrons. The van der Waals surface area contributed by atoms with Gasteiger partial charge in [0, 0.05) is 22.9 Å². The zero-order valence-corrected chi connectivity index (χ0v) is 10.2. The molecule has 0 aliphatic carbocycles. The predicted molar refractivity (Wildman–Crippen MR) is 65.5 cm³/mol. The van der Waals surface area contributed by atoms with Crippen LogP contribution < -0.4 is 5.73 Å². The van der Waals surface area contributed by atoms with Gasteiger partial charge in [-0.1, -0.05) is 6.08 Å². The molecule has 2 N–H and O–H groups in total. The van der Waals surface area contributed by atoms with Crippen LogP contribution in [0.2, 0.25) is 0 Å². The number of aromatic nitrogens is 1. The summed E-state index contributed by atoms with van der Waals surface area (Å²) in [6, 6.07) is 2.06. The maximum Gasteiger partial charge on any atom is 0.0410 e. The number of hydrogen-bond donors (Lipinski definition) is 1. The zero-order chi connectivity index (χ0) is 9.68. The number of allylic oxidation sites excluding steroid dienone is 1. The van der Waals surface area contributed by atoms with Crippen LogP contribution in [0.15, 0.2) is 35.6 Å². The number of halogens is 2. The summed E-state index contributed by atoms with van der Waals surface area (Å²) in [6.45, 7) is 3.66. The fraction of sp³-hybridized carbons (Fsp3) is 0.300. The predicted octanol–water partition coefficient (Wildman–Crippen LogP) is 3.23. The summed E-state index contributed by atoms with van der Waals surface area (Å²) in [5, 5.41) is 0. The van der Waals surface area contributed by atoms with Crippen molar-refractivity contribution in [1.29, 1.82) is 0 Å². The Balaban J connectivity index is 0.00000169. The lowest BCUT2D eigenvalue weighted by Crippen LogP contribution is -2.09. The molecule has 0 radical (unpaired) electrons. The summed E-state index contributed by atoms with van der Waals surface area (Å²) in [6.07, 6.45) is 7.29. The molecule has 0 bridgehead atoms. The van der Waals surface area contributed by atoms with Gasteiger partial charge in [-0.25, -0.2) is 0 Å². The summed E-state index contributed by atoms with van der Waals surface area (Å²) < 4.78 is 0.971. The minimum Gasteiger partial charge on any atom is -0.324 e. The Morgan fingerprint density at radius 1 is 1.57 bits per heavy atom. The first-order valence-electron chi connectivity index (χ1n) is 4.21. The Hall–Kier alpha value is -0.380. The zero-order valence-electron chi connectivity index (χ0n) is 7.82. The van der Waals surface area contributed by atoms with Crippen LogP contribution in [-0.4, -0.2) is 4.98 Å². The lowest BCUT2D eigenvalue weighted by molar-refractivity contribution is 0.658. The molecule has 0 aliphatic rings. The second kappa shape index (κ2) is 6.98. The van der Waals surface area contributed by atoms with Gasteiger partial charge in [-0.2, -0.15) is 0 Å². The van der Waals surface area contributed by atoms with Gasteiger partial charge >= 0.3 is 0 Å². The van der Waals surface area contributed by atoms with E-state index in [9.17, 15) is 0 Å². The molecule has 0 aromatic carbocycles. The largest absolute Gasteiger partial charge is 0.324 e. The molecule has 1 rings (SSSR count). The molecule has 4 heteroatoms. The minimum absolute atomic E-state index is 0. The van der Waals surface area contributed by atoms with Crippen LogP contribution in [0.4, 0.5) is 0 Å². The third-order valence-corrected chi connectivity index (χ3v) is 2.27. The highest BCUT2D eigenvalue weighted by molar-refractivity contribution is 9.10. The van der Waals surface area contributed by atoms with Crippen LogP contribution in [0.5, 0.6) is 0 Å². The SMILES string of the molecule is C=CCC[C@H](N)c1cncc(Br)c1.Cl. The van der Waals surface area contributed by atoms with E-state index in [-0.39, 0.29) is 18.4 Å². The van der Waals surface area contributed by atoms with Crippen molar-refractivity contribution in [3.8, 4) is 0 Å². The van der Waals surface area contributed by atoms with Gasteiger partial charge in [0.1, 0.15) is 0 Å². The summed E-state index contributed by atoms with van der Waals surface area (Å²) >= 11 is 3.36. The molecule has 0 aliphatic heterocycles. The van der Waals surface area contributed by atoms with E-state index in [4.69, 9.17) is 5.73 Å². The first-order chi connectivity index (χ1) is 6.24. The van der Waals surface area contributed by atoms with E-state index < -0.39 is 0 Å². The molecule has 0 saturated carbocycles. The number of nitrogens with zero attached hydrogens (tertiary/aromatic N) is 1. The first kappa shape index (κ1) is 13.6. The van der Waals surface area contributed by atoms with Gasteiger partial charge in [0.05, 0.1) is 0 Å². The Labute approximate surface area is 99.1 Å². The molecule has 0 amide bonds. The third-order valence-electron chi connectivity index (χ3n) is 1.84. The quantitative estimate of drug-likeness (QED) is 0.858. The van der Waals surface area contributed by atoms with Crippen molar-refractivity contribution >= 4 is 28.3 Å². The molecule has 1 aromatic rings. The number of rotatable bonds is 4. The molecular formula is C10H14BrClN2. The van der Waals surface area contributed by atoms with Gasteiger partial charge in [0.2, 0.25) is 0 Å². The van der Waals surface area contributed by atoms with Crippen molar-refractivity contribution in [1.82, 2.24) is 4.98 Å². The van der Waals surface area contributed by atoms with Crippen LogP contribution in [0.3, 0.4) is 0 Å². The normalized spacial score (nSPS) is 11.6. The average molecular weight is 278 g/mol. The Kier molecular flexibility index (Phi) is 6.79. The summed E-state index contributed by atoms with van der Waals surface area (Å²) in [7, 11) is 0. The molecule has 0 spiro atoms. The monoisotopic (exact) mass is 276 g/mol. The molecule has 0 fully saturated rings. The minimum atomic E-state index is 0. The second-order valence-electron chi connectivity index (χ2n) is 2.91. The van der Waals surface area contributed by atoms with Crippen LogP contribution in [0.1, 0.15) is 24.4 Å². The fourth-order valence-electron chi connectivity index (χ4n) is 1.10. The van der Waals surface area contributed by atoms with Gasteiger partial charge in [0.25, 0.3) is 0 Å². The first-order valence-corrected chi connectivity index (χ1v) is 5.00. The van der Waals surface area contributed by atoms with Crippen molar-refractivity contribution < 1.29 is 0 Å².